The molecule has 4 aromatic rings. The van der Waals surface area contributed by atoms with Crippen LogP contribution >= 0.6 is 0 Å². The van der Waals surface area contributed by atoms with E-state index in [0.717, 1.165) is 17.8 Å². The minimum atomic E-state index is -4.14. The van der Waals surface area contributed by atoms with Crippen molar-refractivity contribution in [2.45, 2.75) is 38.6 Å². The van der Waals surface area contributed by atoms with E-state index in [-0.39, 0.29) is 62.2 Å². The number of halogens is 1. The van der Waals surface area contributed by atoms with Crippen molar-refractivity contribution in [2.24, 2.45) is 5.92 Å². The minimum absolute atomic E-state index is 0. The molecule has 0 saturated heterocycles. The first-order valence-electron chi connectivity index (χ1n) is 10.9. The molecule has 0 atom stereocenters. The number of hydrogen-bond acceptors (Lipinski definition) is 5. The van der Waals surface area contributed by atoms with Gasteiger partial charge in [0.25, 0.3) is 0 Å². The first-order chi connectivity index (χ1) is 16.2. The quantitative estimate of drug-likeness (QED) is 0.335. The maximum absolute atomic E-state index is 15.1. The summed E-state index contributed by atoms with van der Waals surface area (Å²) in [5.41, 5.74) is 2.28. The summed E-state index contributed by atoms with van der Waals surface area (Å²) >= 11 is 0. The van der Waals surface area contributed by atoms with Gasteiger partial charge in [0.2, 0.25) is 10.0 Å². The Morgan fingerprint density at radius 3 is 2.40 bits per heavy atom. The van der Waals surface area contributed by atoms with Crippen molar-refractivity contribution in [1.29, 1.82) is 0 Å². The molecule has 0 aliphatic carbocycles. The maximum Gasteiger partial charge on any atom is 1.00 e. The molecular weight excluding hydrogens is 492 g/mol. The first-order valence-corrected chi connectivity index (χ1v) is 12.3. The second-order valence-electron chi connectivity index (χ2n) is 8.45. The van der Waals surface area contributed by atoms with Crippen molar-refractivity contribution in [3.8, 4) is 11.1 Å². The predicted octanol–water partition coefficient (Wildman–Crippen LogP) is 2.43. The normalized spacial score (nSPS) is 11.3. The smallest absolute Gasteiger partial charge is 0.366 e. The van der Waals surface area contributed by atoms with E-state index in [4.69, 9.17) is 0 Å². The number of rotatable bonds is 8. The van der Waals surface area contributed by atoms with Crippen LogP contribution in [0.25, 0.3) is 15.8 Å². The molecular formula is C25H25FKN5O2S. The van der Waals surface area contributed by atoms with Gasteiger partial charge in [0.1, 0.15) is 11.6 Å². The summed E-state index contributed by atoms with van der Waals surface area (Å²) in [7, 11) is -4.14. The summed E-state index contributed by atoms with van der Waals surface area (Å²) in [6, 6.07) is 11.4. The van der Waals surface area contributed by atoms with Crippen LogP contribution < -0.4 is 51.4 Å². The van der Waals surface area contributed by atoms with Crippen molar-refractivity contribution in [3.63, 3.8) is 0 Å². The summed E-state index contributed by atoms with van der Waals surface area (Å²) in [5.74, 6) is 0.571. The fourth-order valence-corrected chi connectivity index (χ4v) is 4.82. The summed E-state index contributed by atoms with van der Waals surface area (Å²) < 4.78 is 47.1. The fraction of sp³-hybridized carbons (Fsp3) is 0.240. The van der Waals surface area contributed by atoms with Crippen LogP contribution in [-0.4, -0.2) is 27.9 Å². The summed E-state index contributed by atoms with van der Waals surface area (Å²) in [6.45, 7) is 6.35. The molecule has 0 spiro atoms. The number of hydrogen-bond donors (Lipinski definition) is 0. The van der Waals surface area contributed by atoms with E-state index in [9.17, 15) is 8.42 Å². The van der Waals surface area contributed by atoms with Gasteiger partial charge in [-0.2, -0.15) is 0 Å². The molecule has 35 heavy (non-hydrogen) atoms. The number of nitrogens with zero attached hydrogens (tertiary/aromatic N) is 5. The summed E-state index contributed by atoms with van der Waals surface area (Å²) in [6.07, 6.45) is 7.05. The van der Waals surface area contributed by atoms with Gasteiger partial charge in [-0.3, -0.25) is 4.72 Å². The zero-order valence-corrected chi connectivity index (χ0v) is 24.1. The van der Waals surface area contributed by atoms with Crippen molar-refractivity contribution >= 4 is 16.0 Å². The van der Waals surface area contributed by atoms with Crippen LogP contribution in [0.3, 0.4) is 0 Å². The summed E-state index contributed by atoms with van der Waals surface area (Å²) in [5, 5.41) is 0. The second-order valence-corrected chi connectivity index (χ2v) is 10.0. The molecule has 0 saturated carbocycles. The molecule has 0 radical (unpaired) electrons. The molecule has 0 N–H and O–H groups in total. The van der Waals surface area contributed by atoms with Gasteiger partial charge in [-0.05, 0) is 61.0 Å². The zero-order valence-electron chi connectivity index (χ0n) is 20.2. The Morgan fingerprint density at radius 1 is 1.03 bits per heavy atom. The topological polar surface area (TPSA) is 91.8 Å². The Morgan fingerprint density at radius 2 is 1.77 bits per heavy atom. The Kier molecular flexibility index (Phi) is 9.36. The van der Waals surface area contributed by atoms with Crippen LogP contribution in [0.5, 0.6) is 0 Å². The molecule has 0 aliphatic rings. The van der Waals surface area contributed by atoms with Gasteiger partial charge in [-0.25, -0.2) is 17.8 Å². The first kappa shape index (κ1) is 27.6. The van der Waals surface area contributed by atoms with E-state index in [2.05, 4.69) is 33.5 Å². The van der Waals surface area contributed by atoms with Crippen LogP contribution in [0.1, 0.15) is 30.8 Å². The average Bonchev–Trinajstić information content (AvgIpc) is 3.19. The van der Waals surface area contributed by atoms with E-state index in [0.29, 0.717) is 29.2 Å². The third kappa shape index (κ3) is 6.84. The molecule has 0 fully saturated rings. The number of benzene rings is 2. The van der Waals surface area contributed by atoms with Crippen LogP contribution in [0.2, 0.25) is 0 Å². The van der Waals surface area contributed by atoms with Gasteiger partial charge in [0, 0.05) is 29.5 Å². The fourth-order valence-electron chi connectivity index (χ4n) is 3.72. The van der Waals surface area contributed by atoms with Gasteiger partial charge in [0.05, 0.1) is 11.4 Å². The van der Waals surface area contributed by atoms with Crippen LogP contribution in [0.4, 0.5) is 10.3 Å². The molecule has 0 aliphatic heterocycles. The monoisotopic (exact) mass is 517 g/mol. The minimum Gasteiger partial charge on any atom is -0.366 e. The summed E-state index contributed by atoms with van der Waals surface area (Å²) in [4.78, 5) is 11.9. The van der Waals surface area contributed by atoms with E-state index in [1.165, 1.54) is 24.5 Å². The van der Waals surface area contributed by atoms with Crippen LogP contribution in [-0.2, 0) is 23.0 Å². The third-order valence-corrected chi connectivity index (χ3v) is 6.66. The molecule has 4 rings (SSSR count). The molecule has 0 amide bonds. The predicted molar refractivity (Wildman–Crippen MR) is 129 cm³/mol. The molecule has 0 unspecified atom stereocenters. The Bertz CT molecular complexity index is 1410. The van der Waals surface area contributed by atoms with Crippen LogP contribution in [0, 0.1) is 18.7 Å². The average molecular weight is 518 g/mol. The molecule has 10 heteroatoms. The third-order valence-electron chi connectivity index (χ3n) is 5.35. The number of aromatic nitrogens is 4. The Hall–Kier alpha value is -1.95. The SMILES string of the molecule is Cc1nccn1Cc1ccc(-c2cc(CC(C)C)ccc2S(=O)(=O)[N-]c2ncccn2)cc1F.[K+]. The molecule has 7 nitrogen and oxygen atoms in total. The van der Waals surface area contributed by atoms with Gasteiger partial charge in [-0.1, -0.05) is 38.1 Å². The molecule has 2 heterocycles. The molecule has 176 valence electrons. The van der Waals surface area contributed by atoms with E-state index < -0.39 is 15.8 Å². The number of sulfonamides is 1. The molecule has 2 aromatic heterocycles. The zero-order chi connectivity index (χ0) is 24.3. The van der Waals surface area contributed by atoms with E-state index in [1.807, 2.05) is 11.5 Å². The number of aryl methyl sites for hydroxylation is 1. The van der Waals surface area contributed by atoms with Gasteiger partial charge in [0.15, 0.2) is 0 Å². The Labute approximate surface area is 247 Å². The van der Waals surface area contributed by atoms with E-state index in [1.54, 1.807) is 42.7 Å². The van der Waals surface area contributed by atoms with Crippen molar-refractivity contribution in [3.05, 3.63) is 94.7 Å². The maximum atomic E-state index is 15.1. The van der Waals surface area contributed by atoms with Gasteiger partial charge < -0.3 is 14.5 Å². The van der Waals surface area contributed by atoms with Crippen molar-refractivity contribution in [2.75, 3.05) is 0 Å². The second kappa shape index (κ2) is 11.9. The van der Waals surface area contributed by atoms with Gasteiger partial charge >= 0.3 is 51.4 Å². The standard InChI is InChI=1S/C25H25FN5O2S.K/c1-17(2)13-19-5-8-24(34(32,33)30-25-28-9-4-10-29-25)22(14-19)20-6-7-21(23(26)15-20)16-31-12-11-27-18(31)3;/h4-12,14-15,17H,13,16H2,1-3H3;/q-1;+1. The Balaban J connectivity index is 0.00000342. The number of imidazole rings is 1. The molecule has 2 aromatic carbocycles. The van der Waals surface area contributed by atoms with Crippen molar-refractivity contribution < 1.29 is 64.2 Å². The van der Waals surface area contributed by atoms with E-state index >= 15 is 4.39 Å². The van der Waals surface area contributed by atoms with Gasteiger partial charge in [-0.15, -0.1) is 0 Å². The van der Waals surface area contributed by atoms with Crippen LogP contribution in [0.15, 0.2) is 72.1 Å². The largest absolute Gasteiger partial charge is 1.00 e. The molecule has 0 bridgehead atoms. The van der Waals surface area contributed by atoms with Crippen molar-refractivity contribution in [1.82, 2.24) is 19.5 Å².